The molecule has 0 aromatic heterocycles. The minimum absolute atomic E-state index is 0.230. The third-order valence-corrected chi connectivity index (χ3v) is 2.14. The van der Waals surface area contributed by atoms with Gasteiger partial charge in [-0.2, -0.15) is 0 Å². The third kappa shape index (κ3) is 9.26. The van der Waals surface area contributed by atoms with Gasteiger partial charge >= 0.3 is 5.97 Å². The number of hydrogen-bond acceptors (Lipinski definition) is 2. The van der Waals surface area contributed by atoms with Crippen molar-refractivity contribution >= 4 is 5.97 Å². The molecule has 0 rings (SSSR count). The molecule has 15 heavy (non-hydrogen) atoms. The van der Waals surface area contributed by atoms with Crippen LogP contribution in [0.2, 0.25) is 0 Å². The van der Waals surface area contributed by atoms with E-state index in [1.807, 2.05) is 6.08 Å². The molecule has 85 valence electrons. The summed E-state index contributed by atoms with van der Waals surface area (Å²) >= 11 is 0. The van der Waals surface area contributed by atoms with Crippen LogP contribution < -0.4 is 0 Å². The second kappa shape index (κ2) is 8.27. The summed E-state index contributed by atoms with van der Waals surface area (Å²) in [5.74, 6) is -0.230. The van der Waals surface area contributed by atoms with Gasteiger partial charge in [-0.15, -0.1) is 0 Å². The van der Waals surface area contributed by atoms with Crippen molar-refractivity contribution in [2.24, 2.45) is 0 Å². The number of carbonyl (C=O) groups excluding carboxylic acids is 1. The Morgan fingerprint density at radius 2 is 1.87 bits per heavy atom. The number of rotatable bonds is 6. The summed E-state index contributed by atoms with van der Waals surface area (Å²) in [6, 6.07) is 0. The van der Waals surface area contributed by atoms with E-state index < -0.39 is 0 Å². The molecule has 1 radical (unpaired) electrons. The Labute approximate surface area is 93.0 Å². The standard InChI is InChI=1S/C13H21O2/c1-5-11(2)7-6-8-12(3)9-10-15-13(4)14/h7,9H,1,5-6,8,10H2,2-4H3. The number of carbonyl (C=O) groups is 1. The van der Waals surface area contributed by atoms with Gasteiger partial charge in [0.1, 0.15) is 6.61 Å². The fourth-order valence-electron chi connectivity index (χ4n) is 1.05. The van der Waals surface area contributed by atoms with E-state index >= 15 is 0 Å². The summed E-state index contributed by atoms with van der Waals surface area (Å²) in [6.45, 7) is 9.76. The van der Waals surface area contributed by atoms with Gasteiger partial charge in [0.25, 0.3) is 0 Å². The Morgan fingerprint density at radius 3 is 2.40 bits per heavy atom. The van der Waals surface area contributed by atoms with E-state index in [9.17, 15) is 4.79 Å². The Kier molecular flexibility index (Phi) is 7.69. The maximum Gasteiger partial charge on any atom is 0.302 e. The van der Waals surface area contributed by atoms with Crippen LogP contribution in [-0.4, -0.2) is 12.6 Å². The van der Waals surface area contributed by atoms with Gasteiger partial charge in [0.15, 0.2) is 0 Å². The maximum atomic E-state index is 10.5. The largest absolute Gasteiger partial charge is 0.462 e. The lowest BCUT2D eigenvalue weighted by atomic mass is 10.1. The van der Waals surface area contributed by atoms with Gasteiger partial charge < -0.3 is 4.74 Å². The highest BCUT2D eigenvalue weighted by molar-refractivity contribution is 5.66. The zero-order valence-corrected chi connectivity index (χ0v) is 10.0. The van der Waals surface area contributed by atoms with Crippen molar-refractivity contribution in [3.63, 3.8) is 0 Å². The predicted octanol–water partition coefficient (Wildman–Crippen LogP) is 3.45. The van der Waals surface area contributed by atoms with Crippen LogP contribution >= 0.6 is 0 Å². The number of hydrogen-bond donors (Lipinski definition) is 0. The third-order valence-electron chi connectivity index (χ3n) is 2.14. The van der Waals surface area contributed by atoms with Crippen LogP contribution in [0.25, 0.3) is 0 Å². The lowest BCUT2D eigenvalue weighted by Crippen LogP contribution is -1.98. The molecule has 0 N–H and O–H groups in total. The molecule has 0 aliphatic carbocycles. The monoisotopic (exact) mass is 209 g/mol. The molecule has 0 aromatic carbocycles. The normalized spacial score (nSPS) is 12.8. The quantitative estimate of drug-likeness (QED) is 0.494. The predicted molar refractivity (Wildman–Crippen MR) is 63.4 cm³/mol. The van der Waals surface area contributed by atoms with Crippen LogP contribution in [0.1, 0.15) is 40.0 Å². The van der Waals surface area contributed by atoms with E-state index in [2.05, 4.69) is 26.8 Å². The molecule has 0 unspecified atom stereocenters. The van der Waals surface area contributed by atoms with Crippen molar-refractivity contribution in [3.8, 4) is 0 Å². The lowest BCUT2D eigenvalue weighted by molar-refractivity contribution is -0.139. The molecule has 0 bridgehead atoms. The van der Waals surface area contributed by atoms with E-state index in [1.165, 1.54) is 18.1 Å². The highest BCUT2D eigenvalue weighted by Crippen LogP contribution is 2.07. The first-order valence-electron chi connectivity index (χ1n) is 5.30. The van der Waals surface area contributed by atoms with Gasteiger partial charge in [-0.3, -0.25) is 4.79 Å². The van der Waals surface area contributed by atoms with E-state index in [0.717, 1.165) is 19.3 Å². The first-order chi connectivity index (χ1) is 7.06. The van der Waals surface area contributed by atoms with Crippen molar-refractivity contribution in [2.75, 3.05) is 6.61 Å². The molecular weight excluding hydrogens is 188 g/mol. The first-order valence-corrected chi connectivity index (χ1v) is 5.30. The summed E-state index contributed by atoms with van der Waals surface area (Å²) in [7, 11) is 0. The molecule has 0 aliphatic heterocycles. The van der Waals surface area contributed by atoms with Crippen LogP contribution in [0.15, 0.2) is 23.3 Å². The SMILES string of the molecule is [CH2]CC(C)=CCCC(C)=CCOC(C)=O. The number of ether oxygens (including phenoxy) is 1. The van der Waals surface area contributed by atoms with Crippen LogP contribution in [0.5, 0.6) is 0 Å². The molecule has 0 spiro atoms. The molecule has 2 heteroatoms. The zero-order chi connectivity index (χ0) is 11.7. The average Bonchev–Trinajstić information content (AvgIpc) is 2.17. The molecular formula is C13H21O2. The summed E-state index contributed by atoms with van der Waals surface area (Å²) in [5, 5.41) is 0. The Hall–Kier alpha value is -1.05. The molecule has 0 atom stereocenters. The van der Waals surface area contributed by atoms with E-state index in [1.54, 1.807) is 0 Å². The zero-order valence-electron chi connectivity index (χ0n) is 10.0. The van der Waals surface area contributed by atoms with Crippen molar-refractivity contribution in [1.29, 1.82) is 0 Å². The van der Waals surface area contributed by atoms with Crippen molar-refractivity contribution in [3.05, 3.63) is 30.2 Å². The molecule has 0 fully saturated rings. The van der Waals surface area contributed by atoms with Gasteiger partial charge in [0.2, 0.25) is 0 Å². The minimum Gasteiger partial charge on any atom is -0.462 e. The molecule has 0 saturated heterocycles. The summed E-state index contributed by atoms with van der Waals surface area (Å²) < 4.78 is 4.82. The maximum absolute atomic E-state index is 10.5. The Balaban J connectivity index is 3.73. The first kappa shape index (κ1) is 13.9. The Morgan fingerprint density at radius 1 is 1.20 bits per heavy atom. The molecule has 2 nitrogen and oxygen atoms in total. The van der Waals surface area contributed by atoms with Crippen molar-refractivity contribution in [1.82, 2.24) is 0 Å². The topological polar surface area (TPSA) is 26.3 Å². The highest BCUT2D eigenvalue weighted by Gasteiger charge is 1.92. The summed E-state index contributed by atoms with van der Waals surface area (Å²) in [4.78, 5) is 10.5. The van der Waals surface area contributed by atoms with E-state index in [-0.39, 0.29) is 5.97 Å². The van der Waals surface area contributed by atoms with E-state index in [4.69, 9.17) is 4.74 Å². The van der Waals surface area contributed by atoms with Crippen LogP contribution in [-0.2, 0) is 9.53 Å². The van der Waals surface area contributed by atoms with Gasteiger partial charge in [-0.1, -0.05) is 17.2 Å². The molecule has 0 aliphatic rings. The second-order valence-corrected chi connectivity index (χ2v) is 3.69. The van der Waals surface area contributed by atoms with Gasteiger partial charge in [0, 0.05) is 6.92 Å². The smallest absolute Gasteiger partial charge is 0.302 e. The fourth-order valence-corrected chi connectivity index (χ4v) is 1.05. The van der Waals surface area contributed by atoms with E-state index in [0.29, 0.717) is 6.61 Å². The van der Waals surface area contributed by atoms with Crippen molar-refractivity contribution in [2.45, 2.75) is 40.0 Å². The van der Waals surface area contributed by atoms with Crippen LogP contribution in [0, 0.1) is 6.92 Å². The van der Waals surface area contributed by atoms with Gasteiger partial charge in [0.05, 0.1) is 0 Å². The highest BCUT2D eigenvalue weighted by atomic mass is 16.5. The van der Waals surface area contributed by atoms with Crippen molar-refractivity contribution < 1.29 is 9.53 Å². The Bertz CT molecular complexity index is 249. The second-order valence-electron chi connectivity index (χ2n) is 3.69. The number of allylic oxidation sites excluding steroid dienone is 3. The van der Waals surface area contributed by atoms with Gasteiger partial charge in [-0.05, 0) is 46.1 Å². The summed E-state index contributed by atoms with van der Waals surface area (Å²) in [6.07, 6.45) is 7.07. The van der Waals surface area contributed by atoms with Crippen LogP contribution in [0.3, 0.4) is 0 Å². The molecule has 0 saturated carbocycles. The molecule has 0 amide bonds. The average molecular weight is 209 g/mol. The molecule has 0 aromatic rings. The number of esters is 1. The molecule has 0 heterocycles. The minimum atomic E-state index is -0.230. The fraction of sp³-hybridized carbons (Fsp3) is 0.538. The lowest BCUT2D eigenvalue weighted by Gasteiger charge is -2.00. The van der Waals surface area contributed by atoms with Crippen LogP contribution in [0.4, 0.5) is 0 Å². The van der Waals surface area contributed by atoms with Gasteiger partial charge in [-0.25, -0.2) is 0 Å². The summed E-state index contributed by atoms with van der Waals surface area (Å²) in [5.41, 5.74) is 2.58.